The van der Waals surface area contributed by atoms with Crippen LogP contribution >= 0.6 is 15.6 Å². The average Bonchev–Trinajstić information content (AvgIpc) is 0.914. The second-order valence-corrected chi connectivity index (χ2v) is 33.6. The lowest BCUT2D eigenvalue weighted by molar-refractivity contribution is -0.161. The highest BCUT2D eigenvalue weighted by molar-refractivity contribution is 7.47. The molecule has 3 N–H and O–H groups in total. The minimum Gasteiger partial charge on any atom is -0.462 e. The van der Waals surface area contributed by atoms with E-state index in [0.717, 1.165) is 102 Å². The van der Waals surface area contributed by atoms with Gasteiger partial charge in [0.05, 0.1) is 26.4 Å². The summed E-state index contributed by atoms with van der Waals surface area (Å²) in [4.78, 5) is 73.1. The second-order valence-electron chi connectivity index (χ2n) is 30.7. The Hall–Kier alpha value is -1.94. The van der Waals surface area contributed by atoms with Crippen molar-refractivity contribution in [2.75, 3.05) is 39.6 Å². The number of unbranched alkanes of at least 4 members (excludes halogenated alkanes) is 51. The molecule has 0 rings (SSSR count). The SMILES string of the molecule is CCCCCCCCCCCCCCCCCCCCCC(=O)OC[C@H](COP(=O)(O)OC[C@@H](O)COP(=O)(O)OC[C@@H](COC(=O)CCCCCCCCCCCC)OC(=O)CCCCCCCCCCC(C)CC)OC(=O)CCCCCCCCCCCCCCCCCCCCC(C)CC. The predicted octanol–water partition coefficient (Wildman–Crippen LogP) is 25.5. The Labute approximate surface area is 632 Å². The Morgan fingerprint density at radius 1 is 0.272 bits per heavy atom. The molecule has 612 valence electrons. The largest absolute Gasteiger partial charge is 0.472 e. The summed E-state index contributed by atoms with van der Waals surface area (Å²) in [5, 5.41) is 10.7. The molecule has 0 saturated heterocycles. The van der Waals surface area contributed by atoms with E-state index in [4.69, 9.17) is 37.0 Å². The van der Waals surface area contributed by atoms with Gasteiger partial charge in [0.2, 0.25) is 0 Å². The van der Waals surface area contributed by atoms with Crippen molar-refractivity contribution in [3.63, 3.8) is 0 Å². The van der Waals surface area contributed by atoms with E-state index >= 15 is 0 Å². The highest BCUT2D eigenvalue weighted by Crippen LogP contribution is 2.45. The number of phosphoric ester groups is 2. The normalized spacial score (nSPS) is 14.4. The molecule has 0 fully saturated rings. The molecule has 0 aliphatic rings. The van der Waals surface area contributed by atoms with E-state index in [1.54, 1.807) is 0 Å². The van der Waals surface area contributed by atoms with Gasteiger partial charge in [-0.2, -0.15) is 0 Å². The Morgan fingerprint density at radius 2 is 0.466 bits per heavy atom. The van der Waals surface area contributed by atoms with Crippen molar-refractivity contribution in [2.45, 2.75) is 464 Å². The Bertz CT molecular complexity index is 1980. The van der Waals surface area contributed by atoms with E-state index in [-0.39, 0.29) is 25.7 Å². The topological polar surface area (TPSA) is 237 Å². The summed E-state index contributed by atoms with van der Waals surface area (Å²) >= 11 is 0. The van der Waals surface area contributed by atoms with Crippen LogP contribution in [0.25, 0.3) is 0 Å². The van der Waals surface area contributed by atoms with Gasteiger partial charge in [-0.15, -0.1) is 0 Å². The number of carbonyl (C=O) groups excluding carboxylic acids is 4. The van der Waals surface area contributed by atoms with Gasteiger partial charge in [0, 0.05) is 25.7 Å². The number of aliphatic hydroxyl groups is 1. The molecule has 0 aromatic rings. The lowest BCUT2D eigenvalue weighted by Crippen LogP contribution is -2.30. The van der Waals surface area contributed by atoms with Crippen molar-refractivity contribution in [2.24, 2.45) is 11.8 Å². The average molecular weight is 1510 g/mol. The molecule has 0 radical (unpaired) electrons. The van der Waals surface area contributed by atoms with Gasteiger partial charge in [0.1, 0.15) is 19.3 Å². The van der Waals surface area contributed by atoms with Crippen molar-refractivity contribution in [1.29, 1.82) is 0 Å². The zero-order chi connectivity index (χ0) is 75.6. The zero-order valence-electron chi connectivity index (χ0n) is 67.6. The van der Waals surface area contributed by atoms with Gasteiger partial charge in [-0.3, -0.25) is 37.3 Å². The minimum atomic E-state index is -4.96. The van der Waals surface area contributed by atoms with Gasteiger partial charge in [0.15, 0.2) is 12.2 Å². The standard InChI is InChI=1S/C84H164O17P2/c1-7-11-13-15-17-19-21-22-23-24-25-29-32-35-38-42-49-55-61-67-82(87)95-72-79(100-83(88)68-62-56-50-43-39-36-33-30-27-26-28-31-34-37-40-46-52-58-64-76(5)9-3)74-98-102(90,91)96-70-78(85)71-97-103(92,93)99-75-80(73-94-81(86)66-60-54-48-41-20-18-16-14-12-8-2)101-84(89)69-63-57-51-45-44-47-53-59-65-77(6)10-4/h76-80,85H,7-75H2,1-6H3,(H,90,91)(H,92,93)/t76?,77?,78-,79-,80-/m1/s1. The van der Waals surface area contributed by atoms with Crippen LogP contribution in [0.5, 0.6) is 0 Å². The lowest BCUT2D eigenvalue weighted by atomic mass is 9.99. The van der Waals surface area contributed by atoms with E-state index < -0.39 is 97.5 Å². The molecular weight excluding hydrogens is 1340 g/mol. The summed E-state index contributed by atoms with van der Waals surface area (Å²) in [7, 11) is -9.92. The summed E-state index contributed by atoms with van der Waals surface area (Å²) in [6, 6.07) is 0. The van der Waals surface area contributed by atoms with E-state index in [9.17, 15) is 43.2 Å². The fourth-order valence-electron chi connectivity index (χ4n) is 13.0. The lowest BCUT2D eigenvalue weighted by Gasteiger charge is -2.21. The molecule has 0 spiro atoms. The molecule has 0 bridgehead atoms. The van der Waals surface area contributed by atoms with E-state index in [1.807, 2.05) is 0 Å². The van der Waals surface area contributed by atoms with Crippen LogP contribution in [0.2, 0.25) is 0 Å². The van der Waals surface area contributed by atoms with Crippen LogP contribution in [0.1, 0.15) is 446 Å². The third-order valence-electron chi connectivity index (χ3n) is 20.4. The number of ether oxygens (including phenoxy) is 4. The first-order valence-corrected chi connectivity index (χ1v) is 46.6. The van der Waals surface area contributed by atoms with Crippen LogP contribution in [-0.4, -0.2) is 96.7 Å². The maximum atomic E-state index is 13.1. The van der Waals surface area contributed by atoms with Crippen molar-refractivity contribution < 1.29 is 80.2 Å². The van der Waals surface area contributed by atoms with Crippen molar-refractivity contribution in [1.82, 2.24) is 0 Å². The molecule has 0 heterocycles. The number of phosphoric acid groups is 2. The molecule has 0 amide bonds. The summed E-state index contributed by atoms with van der Waals surface area (Å²) in [6.07, 6.45) is 66.6. The van der Waals surface area contributed by atoms with Crippen LogP contribution < -0.4 is 0 Å². The number of carbonyl (C=O) groups is 4. The van der Waals surface area contributed by atoms with E-state index in [2.05, 4.69) is 41.5 Å². The first-order chi connectivity index (χ1) is 49.9. The number of aliphatic hydroxyl groups excluding tert-OH is 1. The Balaban J connectivity index is 5.21. The van der Waals surface area contributed by atoms with E-state index in [0.29, 0.717) is 25.7 Å². The van der Waals surface area contributed by atoms with Crippen molar-refractivity contribution in [3.8, 4) is 0 Å². The monoisotopic (exact) mass is 1510 g/mol. The zero-order valence-corrected chi connectivity index (χ0v) is 69.4. The van der Waals surface area contributed by atoms with Crippen LogP contribution in [0, 0.1) is 11.8 Å². The van der Waals surface area contributed by atoms with Crippen LogP contribution in [-0.2, 0) is 65.4 Å². The molecule has 0 aromatic carbocycles. The van der Waals surface area contributed by atoms with Gasteiger partial charge in [-0.05, 0) is 37.5 Å². The first-order valence-electron chi connectivity index (χ1n) is 43.6. The maximum absolute atomic E-state index is 13.1. The van der Waals surface area contributed by atoms with E-state index in [1.165, 1.54) is 263 Å². The minimum absolute atomic E-state index is 0.105. The Morgan fingerprint density at radius 3 is 0.689 bits per heavy atom. The van der Waals surface area contributed by atoms with Crippen LogP contribution in [0.15, 0.2) is 0 Å². The smallest absolute Gasteiger partial charge is 0.462 e. The highest BCUT2D eigenvalue weighted by atomic mass is 31.2. The Kier molecular flexibility index (Phi) is 74.1. The number of hydrogen-bond donors (Lipinski definition) is 3. The predicted molar refractivity (Wildman–Crippen MR) is 423 cm³/mol. The fourth-order valence-corrected chi connectivity index (χ4v) is 14.6. The van der Waals surface area contributed by atoms with Crippen molar-refractivity contribution >= 4 is 39.5 Å². The molecule has 0 saturated carbocycles. The molecule has 0 aliphatic heterocycles. The summed E-state index contributed by atoms with van der Waals surface area (Å²) in [6.45, 7) is 9.70. The maximum Gasteiger partial charge on any atom is 0.472 e. The van der Waals surface area contributed by atoms with Crippen LogP contribution in [0.3, 0.4) is 0 Å². The molecule has 0 aromatic heterocycles. The van der Waals surface area contributed by atoms with Crippen LogP contribution in [0.4, 0.5) is 0 Å². The van der Waals surface area contributed by atoms with Gasteiger partial charge >= 0.3 is 39.5 Å². The molecule has 19 heteroatoms. The third-order valence-corrected chi connectivity index (χ3v) is 22.3. The van der Waals surface area contributed by atoms with Crippen molar-refractivity contribution in [3.05, 3.63) is 0 Å². The molecule has 7 atom stereocenters. The van der Waals surface area contributed by atoms with Gasteiger partial charge in [-0.1, -0.05) is 395 Å². The number of hydrogen-bond acceptors (Lipinski definition) is 15. The quantitative estimate of drug-likeness (QED) is 0.0222. The molecule has 17 nitrogen and oxygen atoms in total. The first kappa shape index (κ1) is 101. The molecule has 0 aliphatic carbocycles. The highest BCUT2D eigenvalue weighted by Gasteiger charge is 2.30. The third kappa shape index (κ3) is 75.3. The summed E-state index contributed by atoms with van der Waals surface area (Å²) < 4.78 is 68.8. The second kappa shape index (κ2) is 75.5. The molecule has 103 heavy (non-hydrogen) atoms. The molecule has 4 unspecified atom stereocenters. The van der Waals surface area contributed by atoms with Gasteiger partial charge in [0.25, 0.3) is 0 Å². The van der Waals surface area contributed by atoms with Gasteiger partial charge < -0.3 is 33.8 Å². The number of esters is 4. The fraction of sp³-hybridized carbons (Fsp3) is 0.952. The summed E-state index contributed by atoms with van der Waals surface area (Å²) in [5.74, 6) is -0.467. The summed E-state index contributed by atoms with van der Waals surface area (Å²) in [5.41, 5.74) is 0. The number of rotatable bonds is 83. The van der Waals surface area contributed by atoms with Gasteiger partial charge in [-0.25, -0.2) is 9.13 Å². The molecular formula is C84H164O17P2.